The molecule has 15 rings (SSSR count). The van der Waals surface area contributed by atoms with Crippen LogP contribution in [0.5, 0.6) is 0 Å². The first kappa shape index (κ1) is 65.8. The van der Waals surface area contributed by atoms with Crippen molar-refractivity contribution in [1.29, 1.82) is 0 Å². The van der Waals surface area contributed by atoms with E-state index in [0.717, 1.165) is 103 Å². The maximum absolute atomic E-state index is 5.02. The molecule has 2 unspecified atom stereocenters. The summed E-state index contributed by atoms with van der Waals surface area (Å²) >= 11 is 0. The second kappa shape index (κ2) is 28.5. The zero-order valence-electron chi connectivity index (χ0n) is 57.0. The fraction of sp³-hybridized carbons (Fsp3) is 0.147. The molecule has 2 atom stereocenters. The van der Waals surface area contributed by atoms with E-state index in [1.165, 1.54) is 66.8 Å². The van der Waals surface area contributed by atoms with Crippen LogP contribution in [0, 0.1) is 18.2 Å². The van der Waals surface area contributed by atoms with Gasteiger partial charge < -0.3 is 15.0 Å². The van der Waals surface area contributed by atoms with Crippen molar-refractivity contribution < 1.29 is 20.1 Å². The Morgan fingerprint density at radius 3 is 0.970 bits per heavy atom. The summed E-state index contributed by atoms with van der Waals surface area (Å²) in [6, 6.07) is 118. The number of rotatable bonds is 14. The molecule has 11 aromatic carbocycles. The molecule has 0 amide bonds. The zero-order valence-corrected chi connectivity index (χ0v) is 59.4. The van der Waals surface area contributed by atoms with Crippen molar-refractivity contribution in [2.75, 3.05) is 0 Å². The van der Waals surface area contributed by atoms with Crippen molar-refractivity contribution in [3.05, 3.63) is 356 Å². The minimum Gasteiger partial charge on any atom is -0.305 e. The molecule has 1 fully saturated rings. The van der Waals surface area contributed by atoms with Gasteiger partial charge in [-0.05, 0) is 162 Å². The van der Waals surface area contributed by atoms with Crippen LogP contribution in [0.4, 0.5) is 0 Å². The Kier molecular flexibility index (Phi) is 19.0. The Morgan fingerprint density at radius 1 is 0.263 bits per heavy atom. The predicted molar refractivity (Wildman–Crippen MR) is 408 cm³/mol. The zero-order chi connectivity index (χ0) is 66.7. The van der Waals surface area contributed by atoms with Crippen molar-refractivity contribution in [3.63, 3.8) is 0 Å². The van der Waals surface area contributed by atoms with Crippen LogP contribution in [0.2, 0.25) is 0 Å². The fourth-order valence-corrected chi connectivity index (χ4v) is 14.9. The molecule has 482 valence electrons. The normalized spacial score (nSPS) is 14.7. The van der Waals surface area contributed by atoms with Crippen molar-refractivity contribution >= 4 is 0 Å². The van der Waals surface area contributed by atoms with Gasteiger partial charge in [0, 0.05) is 18.6 Å². The largest absolute Gasteiger partial charge is 3.00 e. The van der Waals surface area contributed by atoms with E-state index in [9.17, 15) is 0 Å². The number of hydrogen-bond acceptors (Lipinski definition) is 3. The van der Waals surface area contributed by atoms with Crippen molar-refractivity contribution in [2.24, 2.45) is 0 Å². The number of pyridine rings is 3. The van der Waals surface area contributed by atoms with Crippen molar-refractivity contribution in [3.8, 4) is 123 Å². The van der Waals surface area contributed by atoms with Gasteiger partial charge in [-0.25, -0.2) is 0 Å². The van der Waals surface area contributed by atoms with Gasteiger partial charge in [-0.1, -0.05) is 316 Å². The first-order valence-electron chi connectivity index (χ1n) is 34.5. The van der Waals surface area contributed by atoms with E-state index >= 15 is 0 Å². The molecule has 0 bridgehead atoms. The Bertz CT molecular complexity index is 4920. The molecular weight excluding hydrogens is 1380 g/mol. The first-order valence-corrected chi connectivity index (χ1v) is 34.5. The predicted octanol–water partition coefficient (Wildman–Crippen LogP) is 25.0. The third kappa shape index (κ3) is 14.0. The smallest absolute Gasteiger partial charge is 0.305 e. The Hall–Kier alpha value is -10.5. The molecule has 1 saturated carbocycles. The summed E-state index contributed by atoms with van der Waals surface area (Å²) in [4.78, 5) is 14.8. The summed E-state index contributed by atoms with van der Waals surface area (Å²) in [5, 5.41) is 0. The molecule has 4 heteroatoms. The van der Waals surface area contributed by atoms with Crippen molar-refractivity contribution in [2.45, 2.75) is 89.4 Å². The Labute approximate surface area is 598 Å². The molecule has 1 aliphatic carbocycles. The summed E-state index contributed by atoms with van der Waals surface area (Å²) in [7, 11) is 0. The van der Waals surface area contributed by atoms with E-state index in [-0.39, 0.29) is 48.7 Å². The minimum atomic E-state index is -0.0514. The molecule has 99 heavy (non-hydrogen) atoms. The number of nitrogens with zero attached hydrogens (tertiary/aromatic N) is 3. The fourth-order valence-electron chi connectivity index (χ4n) is 14.9. The first-order chi connectivity index (χ1) is 47.8. The molecule has 3 nitrogen and oxygen atoms in total. The molecule has 0 aliphatic heterocycles. The third-order valence-corrected chi connectivity index (χ3v) is 20.0. The number of hydrogen-bond donors (Lipinski definition) is 0. The van der Waals surface area contributed by atoms with E-state index in [2.05, 4.69) is 345 Å². The Morgan fingerprint density at radius 2 is 0.586 bits per heavy atom. The van der Waals surface area contributed by atoms with Gasteiger partial charge >= 0.3 is 20.1 Å². The van der Waals surface area contributed by atoms with Crippen LogP contribution in [-0.2, 0) is 30.9 Å². The summed E-state index contributed by atoms with van der Waals surface area (Å²) in [5.41, 5.74) is 30.8. The molecule has 14 aromatic rings. The third-order valence-electron chi connectivity index (χ3n) is 20.0. The molecule has 0 saturated heterocycles. The molecule has 3 heterocycles. The van der Waals surface area contributed by atoms with Gasteiger partial charge in [0.05, 0.1) is 0 Å². The maximum Gasteiger partial charge on any atom is 3.00 e. The molecule has 0 spiro atoms. The Balaban J connectivity index is 0.00000836. The quantitative estimate of drug-likeness (QED) is 0.102. The van der Waals surface area contributed by atoms with Gasteiger partial charge in [0.1, 0.15) is 0 Å². The average Bonchev–Trinajstić information content (AvgIpc) is 0.770. The molecule has 3 aromatic heterocycles. The van der Waals surface area contributed by atoms with Gasteiger partial charge in [0.15, 0.2) is 0 Å². The monoisotopic (exact) mass is 1450 g/mol. The van der Waals surface area contributed by atoms with Crippen LogP contribution in [0.25, 0.3) is 123 Å². The second-order valence-corrected chi connectivity index (χ2v) is 28.4. The van der Waals surface area contributed by atoms with Crippen LogP contribution >= 0.6 is 0 Å². The number of benzene rings is 11. The van der Waals surface area contributed by atoms with Gasteiger partial charge in [0.25, 0.3) is 0 Å². The van der Waals surface area contributed by atoms with Crippen LogP contribution in [0.15, 0.2) is 310 Å². The standard InChI is InChI=1S/C95H78N3.Ir/c1-94(2,3)77-49-52-97-92(62-77)72-44-47-86(89(60-72)69-34-24-32-67(54-69)64-26-10-7-11-27-64)83-40-20-17-37-80(83)75-56-74(79-36-16-19-39-82(79)85-46-43-71(91-42-22-23-51-96-91)59-88(85)66-30-14-9-15-31-66)57-76(58-75)81-38-18-21-41-84(81)87-48-45-73(93-63-78(50-53-98-93)95(4,5)6)61-90(87)70-35-25-33-68(55-70)65-28-12-8-13-29-65;/h7-42,46-55,59-63,74-76H,56-58H2,1-6H3;/q-3;+3. The number of aromatic nitrogens is 3. The minimum absolute atomic E-state index is 0. The van der Waals surface area contributed by atoms with E-state index in [4.69, 9.17) is 15.0 Å². The molecule has 0 radical (unpaired) electrons. The topological polar surface area (TPSA) is 38.7 Å². The van der Waals surface area contributed by atoms with Gasteiger partial charge in [-0.3, -0.25) is 0 Å². The van der Waals surface area contributed by atoms with Crippen LogP contribution < -0.4 is 0 Å². The average molecular weight is 1450 g/mol. The van der Waals surface area contributed by atoms with Crippen LogP contribution in [0.1, 0.15) is 106 Å². The summed E-state index contributed by atoms with van der Waals surface area (Å²) < 4.78 is 0. The van der Waals surface area contributed by atoms with E-state index in [1.54, 1.807) is 0 Å². The summed E-state index contributed by atoms with van der Waals surface area (Å²) in [6.45, 7) is 13.6. The van der Waals surface area contributed by atoms with Crippen LogP contribution in [-0.4, -0.2) is 15.0 Å². The summed E-state index contributed by atoms with van der Waals surface area (Å²) in [5.74, 6) is 0.408. The van der Waals surface area contributed by atoms with Gasteiger partial charge in [-0.2, -0.15) is 0 Å². The second-order valence-electron chi connectivity index (χ2n) is 28.4. The van der Waals surface area contributed by atoms with E-state index < -0.39 is 0 Å². The van der Waals surface area contributed by atoms with Crippen LogP contribution in [0.3, 0.4) is 0 Å². The van der Waals surface area contributed by atoms with E-state index in [1.807, 2.05) is 24.7 Å². The van der Waals surface area contributed by atoms with E-state index in [0.29, 0.717) is 0 Å². The summed E-state index contributed by atoms with van der Waals surface area (Å²) in [6.07, 6.45) is 8.58. The maximum atomic E-state index is 5.02. The molecule has 1 aliphatic rings. The van der Waals surface area contributed by atoms with Gasteiger partial charge in [-0.15, -0.1) is 71.3 Å². The van der Waals surface area contributed by atoms with Crippen molar-refractivity contribution in [1.82, 2.24) is 15.0 Å². The molecular formula is C95H78IrN3. The SMILES string of the molecule is CC(C)(C)c1ccnc(-c2[c-]cc(-c3ccccc3C3CC(c4ccccc4-c4c[c-]c(-c5ccccn5)cc4-c4ccccc4)CC(c4ccccc4-c4c[c-]c(-c5cc(C(C)(C)C)ccn5)cc4-c4cccc(-c5ccccc5)c4)C3)c(-c3cccc(-c4ccccc4)c3)c2)c1.[Ir+3]. The molecule has 0 N–H and O–H groups in total. The van der Waals surface area contributed by atoms with Gasteiger partial charge in [0.2, 0.25) is 0 Å².